The predicted octanol–water partition coefficient (Wildman–Crippen LogP) is 3.00. The molecule has 3 N–H and O–H groups in total. The minimum Gasteiger partial charge on any atom is -0.387 e. The normalized spacial score (nSPS) is 11.5. The average Bonchev–Trinajstić information content (AvgIpc) is 2.60. The van der Waals surface area contributed by atoms with E-state index in [2.05, 4.69) is 17.2 Å². The van der Waals surface area contributed by atoms with Crippen LogP contribution in [0.1, 0.15) is 17.2 Å². The Kier molecular flexibility index (Phi) is 6.89. The molecule has 0 aliphatic rings. The summed E-state index contributed by atoms with van der Waals surface area (Å²) in [5, 5.41) is 15.4. The Bertz CT molecular complexity index is 789. The van der Waals surface area contributed by atoms with Crippen molar-refractivity contribution in [2.75, 3.05) is 11.9 Å². The molecular formula is C19H18ClFN2O3. The van der Waals surface area contributed by atoms with E-state index < -0.39 is 11.9 Å². The van der Waals surface area contributed by atoms with E-state index >= 15 is 0 Å². The van der Waals surface area contributed by atoms with E-state index in [1.165, 1.54) is 18.2 Å². The number of halogens is 2. The highest BCUT2D eigenvalue weighted by Crippen LogP contribution is 2.19. The van der Waals surface area contributed by atoms with Crippen LogP contribution in [0, 0.1) is 5.82 Å². The zero-order chi connectivity index (χ0) is 19.1. The largest absolute Gasteiger partial charge is 0.387 e. The third kappa shape index (κ3) is 5.98. The number of hydrogen-bond acceptors (Lipinski definition) is 3. The van der Waals surface area contributed by atoms with E-state index in [-0.39, 0.29) is 35.4 Å². The van der Waals surface area contributed by atoms with Crippen LogP contribution in [-0.4, -0.2) is 23.5 Å². The quantitative estimate of drug-likeness (QED) is 0.650. The molecule has 0 saturated carbocycles. The summed E-state index contributed by atoms with van der Waals surface area (Å²) >= 11 is 5.75. The number of aliphatic hydroxyl groups excluding tert-OH is 1. The summed E-state index contributed by atoms with van der Waals surface area (Å²) in [5.74, 6) is -1.17. The molecule has 2 rings (SSSR count). The molecule has 2 aromatic rings. The second-order valence-corrected chi connectivity index (χ2v) is 6.03. The van der Waals surface area contributed by atoms with Crippen molar-refractivity contribution in [2.24, 2.45) is 0 Å². The summed E-state index contributed by atoms with van der Waals surface area (Å²) in [6, 6.07) is 10.5. The summed E-state index contributed by atoms with van der Waals surface area (Å²) in [7, 11) is 0. The molecule has 7 heteroatoms. The van der Waals surface area contributed by atoms with Crippen LogP contribution in [0.2, 0.25) is 5.02 Å². The zero-order valence-electron chi connectivity index (χ0n) is 13.8. The highest BCUT2D eigenvalue weighted by Gasteiger charge is 2.12. The smallest absolute Gasteiger partial charge is 0.247 e. The van der Waals surface area contributed by atoms with Gasteiger partial charge in [0.05, 0.1) is 12.5 Å². The number of carbonyl (C=O) groups excluding carboxylic acids is 2. The van der Waals surface area contributed by atoms with Crippen molar-refractivity contribution in [1.82, 2.24) is 5.32 Å². The molecule has 0 aliphatic carbocycles. The molecule has 0 saturated heterocycles. The van der Waals surface area contributed by atoms with Crippen LogP contribution in [0.25, 0.3) is 0 Å². The molecule has 1 atom stereocenters. The summed E-state index contributed by atoms with van der Waals surface area (Å²) in [6.45, 7) is 3.30. The van der Waals surface area contributed by atoms with Gasteiger partial charge in [0.1, 0.15) is 5.82 Å². The molecule has 0 fully saturated rings. The first-order valence-electron chi connectivity index (χ1n) is 7.80. The number of nitrogens with one attached hydrogen (secondary N) is 2. The van der Waals surface area contributed by atoms with E-state index in [0.717, 1.165) is 11.6 Å². The Labute approximate surface area is 155 Å². The monoisotopic (exact) mass is 376 g/mol. The Morgan fingerprint density at radius 1 is 1.23 bits per heavy atom. The number of aliphatic hydroxyl groups is 1. The molecule has 1 unspecified atom stereocenters. The zero-order valence-corrected chi connectivity index (χ0v) is 14.6. The van der Waals surface area contributed by atoms with Crippen LogP contribution in [0.15, 0.2) is 55.1 Å². The second kappa shape index (κ2) is 9.12. The molecule has 2 amide bonds. The summed E-state index contributed by atoms with van der Waals surface area (Å²) in [6.07, 6.45) is 0.203. The number of amides is 2. The lowest BCUT2D eigenvalue weighted by molar-refractivity contribution is -0.121. The van der Waals surface area contributed by atoms with E-state index in [4.69, 9.17) is 11.6 Å². The number of anilines is 1. The summed E-state index contributed by atoms with van der Waals surface area (Å²) in [5.41, 5.74) is 1.62. The number of benzene rings is 2. The third-order valence-corrected chi connectivity index (χ3v) is 3.75. The van der Waals surface area contributed by atoms with Gasteiger partial charge in [0.15, 0.2) is 0 Å². The van der Waals surface area contributed by atoms with Gasteiger partial charge in [-0.3, -0.25) is 9.59 Å². The van der Waals surface area contributed by atoms with Crippen LogP contribution in [0.3, 0.4) is 0 Å². The lowest BCUT2D eigenvalue weighted by atomic mass is 10.1. The Morgan fingerprint density at radius 2 is 1.92 bits per heavy atom. The van der Waals surface area contributed by atoms with Gasteiger partial charge < -0.3 is 15.7 Å². The fourth-order valence-corrected chi connectivity index (χ4v) is 2.47. The number of carbonyl (C=O) groups is 2. The lowest BCUT2D eigenvalue weighted by Gasteiger charge is -2.13. The van der Waals surface area contributed by atoms with Crippen LogP contribution in [0.5, 0.6) is 0 Å². The van der Waals surface area contributed by atoms with Gasteiger partial charge in [-0.2, -0.15) is 0 Å². The highest BCUT2D eigenvalue weighted by molar-refractivity contribution is 6.30. The Hall–Kier alpha value is -2.70. The minimum atomic E-state index is -1.07. The molecular weight excluding hydrogens is 359 g/mol. The van der Waals surface area contributed by atoms with Gasteiger partial charge in [-0.25, -0.2) is 4.39 Å². The molecule has 26 heavy (non-hydrogen) atoms. The van der Waals surface area contributed by atoms with E-state index in [1.54, 1.807) is 24.3 Å². The fourth-order valence-electron chi connectivity index (χ4n) is 2.24. The van der Waals surface area contributed by atoms with Crippen molar-refractivity contribution < 1.29 is 19.1 Å². The van der Waals surface area contributed by atoms with Gasteiger partial charge in [-0.05, 0) is 47.5 Å². The maximum atomic E-state index is 13.3. The number of hydrogen-bond donors (Lipinski definition) is 3. The van der Waals surface area contributed by atoms with E-state index in [9.17, 15) is 19.1 Å². The summed E-state index contributed by atoms with van der Waals surface area (Å²) in [4.78, 5) is 23.2. The van der Waals surface area contributed by atoms with Crippen molar-refractivity contribution in [3.05, 3.63) is 77.1 Å². The van der Waals surface area contributed by atoms with E-state index in [1.807, 2.05) is 0 Å². The molecule has 0 spiro atoms. The van der Waals surface area contributed by atoms with Gasteiger partial charge in [-0.1, -0.05) is 30.3 Å². The van der Waals surface area contributed by atoms with Crippen molar-refractivity contribution in [1.29, 1.82) is 0 Å². The molecule has 0 radical (unpaired) electrons. The molecule has 0 bridgehead atoms. The van der Waals surface area contributed by atoms with Gasteiger partial charge in [0.2, 0.25) is 11.8 Å². The Balaban J connectivity index is 1.86. The summed E-state index contributed by atoms with van der Waals surface area (Å²) < 4.78 is 13.3. The first-order valence-corrected chi connectivity index (χ1v) is 8.18. The number of rotatable bonds is 7. The van der Waals surface area contributed by atoms with Crippen molar-refractivity contribution in [3.8, 4) is 0 Å². The lowest BCUT2D eigenvalue weighted by Crippen LogP contribution is -2.29. The standard InChI is InChI=1S/C19H18ClFN2O3/c1-2-18(25)23-16-5-3-12(4-6-16)7-19(26)22-11-17(24)13-8-14(20)10-15(21)9-13/h2-6,8-10,17,24H,1,7,11H2,(H,22,26)(H,23,25). The molecule has 136 valence electrons. The van der Waals surface area contributed by atoms with Gasteiger partial charge in [-0.15, -0.1) is 0 Å². The average molecular weight is 377 g/mol. The minimum absolute atomic E-state index is 0.0634. The van der Waals surface area contributed by atoms with Crippen molar-refractivity contribution in [3.63, 3.8) is 0 Å². The van der Waals surface area contributed by atoms with Crippen LogP contribution < -0.4 is 10.6 Å². The first-order chi connectivity index (χ1) is 12.4. The molecule has 2 aromatic carbocycles. The Morgan fingerprint density at radius 3 is 2.54 bits per heavy atom. The van der Waals surface area contributed by atoms with E-state index in [0.29, 0.717) is 5.69 Å². The molecule has 0 aromatic heterocycles. The van der Waals surface area contributed by atoms with Crippen molar-refractivity contribution >= 4 is 29.1 Å². The maximum Gasteiger partial charge on any atom is 0.247 e. The van der Waals surface area contributed by atoms with Crippen LogP contribution >= 0.6 is 11.6 Å². The van der Waals surface area contributed by atoms with Gasteiger partial charge in [0.25, 0.3) is 0 Å². The predicted molar refractivity (Wildman–Crippen MR) is 98.4 cm³/mol. The second-order valence-electron chi connectivity index (χ2n) is 5.59. The SMILES string of the molecule is C=CC(=O)Nc1ccc(CC(=O)NCC(O)c2cc(F)cc(Cl)c2)cc1. The topological polar surface area (TPSA) is 78.4 Å². The third-order valence-electron chi connectivity index (χ3n) is 3.53. The fraction of sp³-hybridized carbons (Fsp3) is 0.158. The van der Waals surface area contributed by atoms with Gasteiger partial charge >= 0.3 is 0 Å². The first kappa shape index (κ1) is 19.6. The van der Waals surface area contributed by atoms with Gasteiger partial charge in [0, 0.05) is 17.3 Å². The van der Waals surface area contributed by atoms with Crippen LogP contribution in [0.4, 0.5) is 10.1 Å². The van der Waals surface area contributed by atoms with Crippen molar-refractivity contribution in [2.45, 2.75) is 12.5 Å². The maximum absolute atomic E-state index is 13.3. The molecule has 0 aliphatic heterocycles. The molecule has 5 nitrogen and oxygen atoms in total. The highest BCUT2D eigenvalue weighted by atomic mass is 35.5. The van der Waals surface area contributed by atoms with Crippen LogP contribution in [-0.2, 0) is 16.0 Å². The molecule has 0 heterocycles.